The molecule has 2 heterocycles. The summed E-state index contributed by atoms with van der Waals surface area (Å²) in [4.78, 5) is 19.8. The molecule has 0 radical (unpaired) electrons. The zero-order valence-corrected chi connectivity index (χ0v) is 20.8. The number of ether oxygens (including phenoxy) is 1. The minimum atomic E-state index is -0.421. The molecule has 0 aliphatic carbocycles. The molecule has 7 nitrogen and oxygen atoms in total. The number of nitrogens with one attached hydrogen (secondary N) is 1. The van der Waals surface area contributed by atoms with Crippen LogP contribution in [0.3, 0.4) is 0 Å². The number of methoxy groups -OCH3 is 1. The standard InChI is InChI=1S/C29H28N4O3/c1-18-9-11-21(12-10-18)26-25(28-31-27(32-36-28)22-13-15-24(35-4)16-14-22)20(3)33(29(34)30-26)17-23-8-6-5-7-19(23)2/h5-16,26H,17H2,1-4H3,(H,30,34). The highest BCUT2D eigenvalue weighted by Gasteiger charge is 2.36. The lowest BCUT2D eigenvalue weighted by molar-refractivity contribution is 0.203. The van der Waals surface area contributed by atoms with E-state index in [0.29, 0.717) is 18.3 Å². The third kappa shape index (κ3) is 4.47. The fraction of sp³-hybridized carbons (Fsp3) is 0.207. The van der Waals surface area contributed by atoms with E-state index in [4.69, 9.17) is 14.2 Å². The number of carbonyl (C=O) groups excluding carboxylic acids is 1. The number of urea groups is 1. The molecule has 4 aromatic rings. The van der Waals surface area contributed by atoms with E-state index >= 15 is 0 Å². The Balaban J connectivity index is 1.58. The van der Waals surface area contributed by atoms with Crippen molar-refractivity contribution in [3.8, 4) is 17.1 Å². The normalized spacial score (nSPS) is 15.7. The molecule has 1 unspecified atom stereocenters. The van der Waals surface area contributed by atoms with Crippen LogP contribution in [0.4, 0.5) is 4.79 Å². The first-order valence-electron chi connectivity index (χ1n) is 11.8. The van der Waals surface area contributed by atoms with Crippen molar-refractivity contribution < 1.29 is 14.1 Å². The van der Waals surface area contributed by atoms with Crippen molar-refractivity contribution in [3.05, 3.63) is 107 Å². The van der Waals surface area contributed by atoms with Gasteiger partial charge in [0.15, 0.2) is 0 Å². The van der Waals surface area contributed by atoms with Gasteiger partial charge < -0.3 is 14.6 Å². The Bertz CT molecular complexity index is 1420. The second kappa shape index (κ2) is 9.70. The largest absolute Gasteiger partial charge is 0.497 e. The summed E-state index contributed by atoms with van der Waals surface area (Å²) in [6, 6.07) is 23.1. The number of amides is 2. The first kappa shape index (κ1) is 23.4. The molecule has 0 bridgehead atoms. The van der Waals surface area contributed by atoms with Crippen LogP contribution in [0.15, 0.2) is 83.0 Å². The van der Waals surface area contributed by atoms with Gasteiger partial charge in [0, 0.05) is 11.3 Å². The van der Waals surface area contributed by atoms with E-state index in [9.17, 15) is 4.79 Å². The molecule has 2 amide bonds. The maximum absolute atomic E-state index is 13.3. The first-order valence-corrected chi connectivity index (χ1v) is 11.8. The molecule has 1 N–H and O–H groups in total. The summed E-state index contributed by atoms with van der Waals surface area (Å²) in [7, 11) is 1.63. The molecule has 0 spiro atoms. The molecule has 7 heteroatoms. The van der Waals surface area contributed by atoms with Gasteiger partial charge in [0.25, 0.3) is 5.89 Å². The highest BCUT2D eigenvalue weighted by Crippen LogP contribution is 2.38. The van der Waals surface area contributed by atoms with Gasteiger partial charge in [-0.2, -0.15) is 4.98 Å². The smallest absolute Gasteiger partial charge is 0.322 e. The van der Waals surface area contributed by atoms with E-state index in [-0.39, 0.29) is 6.03 Å². The van der Waals surface area contributed by atoms with Crippen LogP contribution in [0, 0.1) is 13.8 Å². The van der Waals surface area contributed by atoms with Gasteiger partial charge in [0.2, 0.25) is 5.82 Å². The number of nitrogens with zero attached hydrogens (tertiary/aromatic N) is 3. The SMILES string of the molecule is COc1ccc(-c2noc(C3=C(C)N(Cc4ccccc4C)C(=O)NC3c3ccc(C)cc3)n2)cc1. The summed E-state index contributed by atoms with van der Waals surface area (Å²) in [6.07, 6.45) is 0. The molecule has 36 heavy (non-hydrogen) atoms. The maximum atomic E-state index is 13.3. The number of aryl methyl sites for hydroxylation is 2. The zero-order chi connectivity index (χ0) is 25.2. The van der Waals surface area contributed by atoms with Gasteiger partial charge in [-0.25, -0.2) is 4.79 Å². The average molecular weight is 481 g/mol. The molecule has 1 aliphatic rings. The molecular formula is C29H28N4O3. The van der Waals surface area contributed by atoms with Crippen LogP contribution in [-0.4, -0.2) is 28.2 Å². The van der Waals surface area contributed by atoms with Crippen molar-refractivity contribution in [2.75, 3.05) is 7.11 Å². The third-order valence-electron chi connectivity index (χ3n) is 6.60. The second-order valence-electron chi connectivity index (χ2n) is 8.96. The summed E-state index contributed by atoms with van der Waals surface area (Å²) in [6.45, 7) is 6.46. The molecule has 182 valence electrons. The topological polar surface area (TPSA) is 80.5 Å². The Kier molecular flexibility index (Phi) is 6.29. The van der Waals surface area contributed by atoms with E-state index in [1.807, 2.05) is 93.6 Å². The molecule has 0 saturated heterocycles. The number of benzene rings is 3. The van der Waals surface area contributed by atoms with E-state index in [1.54, 1.807) is 12.0 Å². The van der Waals surface area contributed by atoms with Crippen molar-refractivity contribution in [3.63, 3.8) is 0 Å². The monoisotopic (exact) mass is 480 g/mol. The number of aromatic nitrogens is 2. The molecule has 1 aliphatic heterocycles. The molecular weight excluding hydrogens is 452 g/mol. The van der Waals surface area contributed by atoms with Crippen molar-refractivity contribution in [2.45, 2.75) is 33.4 Å². The molecule has 3 aromatic carbocycles. The molecule has 0 fully saturated rings. The van der Waals surface area contributed by atoms with Crippen LogP contribution in [0.5, 0.6) is 5.75 Å². The van der Waals surface area contributed by atoms with E-state index < -0.39 is 6.04 Å². The Morgan fingerprint density at radius 3 is 2.39 bits per heavy atom. The summed E-state index contributed by atoms with van der Waals surface area (Å²) in [5, 5.41) is 7.41. The zero-order valence-electron chi connectivity index (χ0n) is 20.8. The lowest BCUT2D eigenvalue weighted by atomic mass is 9.93. The van der Waals surface area contributed by atoms with Crippen LogP contribution in [0.25, 0.3) is 17.0 Å². The number of carbonyl (C=O) groups is 1. The Hall–Kier alpha value is -4.39. The van der Waals surface area contributed by atoms with Crippen LogP contribution in [0.1, 0.15) is 41.1 Å². The Morgan fingerprint density at radius 2 is 1.69 bits per heavy atom. The van der Waals surface area contributed by atoms with Crippen molar-refractivity contribution >= 4 is 11.6 Å². The Labute approximate surface area is 210 Å². The minimum Gasteiger partial charge on any atom is -0.497 e. The predicted molar refractivity (Wildman–Crippen MR) is 138 cm³/mol. The van der Waals surface area contributed by atoms with Gasteiger partial charge >= 0.3 is 6.03 Å². The average Bonchev–Trinajstić information content (AvgIpc) is 3.37. The van der Waals surface area contributed by atoms with Crippen LogP contribution in [0.2, 0.25) is 0 Å². The van der Waals surface area contributed by atoms with E-state index in [0.717, 1.165) is 44.8 Å². The van der Waals surface area contributed by atoms with E-state index in [1.165, 1.54) is 0 Å². The highest BCUT2D eigenvalue weighted by atomic mass is 16.5. The van der Waals surface area contributed by atoms with Crippen LogP contribution >= 0.6 is 0 Å². The number of hydrogen-bond donors (Lipinski definition) is 1. The third-order valence-corrected chi connectivity index (χ3v) is 6.60. The van der Waals surface area contributed by atoms with Crippen molar-refractivity contribution in [2.24, 2.45) is 0 Å². The van der Waals surface area contributed by atoms with Crippen molar-refractivity contribution in [1.29, 1.82) is 0 Å². The molecule has 0 saturated carbocycles. The molecule has 1 atom stereocenters. The lowest BCUT2D eigenvalue weighted by Gasteiger charge is -2.35. The summed E-state index contributed by atoms with van der Waals surface area (Å²) < 4.78 is 11.0. The summed E-state index contributed by atoms with van der Waals surface area (Å²) in [5.41, 5.74) is 6.65. The number of hydrogen-bond acceptors (Lipinski definition) is 5. The number of rotatable bonds is 6. The highest BCUT2D eigenvalue weighted by molar-refractivity contribution is 5.87. The maximum Gasteiger partial charge on any atom is 0.322 e. The second-order valence-corrected chi connectivity index (χ2v) is 8.96. The first-order chi connectivity index (χ1) is 17.4. The fourth-order valence-electron chi connectivity index (χ4n) is 4.41. The van der Waals surface area contributed by atoms with Gasteiger partial charge in [0.05, 0.1) is 25.3 Å². The van der Waals surface area contributed by atoms with Crippen LogP contribution in [-0.2, 0) is 6.54 Å². The van der Waals surface area contributed by atoms with Gasteiger partial charge in [-0.05, 0) is 61.7 Å². The number of allylic oxidation sites excluding steroid dienone is 1. The fourth-order valence-corrected chi connectivity index (χ4v) is 4.41. The van der Waals surface area contributed by atoms with Gasteiger partial charge in [-0.1, -0.05) is 59.3 Å². The molecule has 5 rings (SSSR count). The van der Waals surface area contributed by atoms with Gasteiger partial charge in [-0.15, -0.1) is 0 Å². The summed E-state index contributed by atoms with van der Waals surface area (Å²) in [5.74, 6) is 1.60. The predicted octanol–water partition coefficient (Wildman–Crippen LogP) is 6.06. The van der Waals surface area contributed by atoms with Crippen LogP contribution < -0.4 is 10.1 Å². The lowest BCUT2D eigenvalue weighted by Crippen LogP contribution is -2.45. The minimum absolute atomic E-state index is 0.167. The van der Waals surface area contributed by atoms with Gasteiger partial charge in [0.1, 0.15) is 5.75 Å². The van der Waals surface area contributed by atoms with E-state index in [2.05, 4.69) is 10.5 Å². The molecule has 1 aromatic heterocycles. The summed E-state index contributed by atoms with van der Waals surface area (Å²) >= 11 is 0. The van der Waals surface area contributed by atoms with Crippen molar-refractivity contribution in [1.82, 2.24) is 20.4 Å². The Morgan fingerprint density at radius 1 is 0.972 bits per heavy atom. The van der Waals surface area contributed by atoms with Gasteiger partial charge in [-0.3, -0.25) is 4.90 Å². The quantitative estimate of drug-likeness (QED) is 0.363.